The molecule has 1 aliphatic rings. The second-order valence-electron chi connectivity index (χ2n) is 2.99. The Labute approximate surface area is 81.5 Å². The molecule has 1 fully saturated rings. The zero-order chi connectivity index (χ0) is 8.97. The van der Waals surface area contributed by atoms with Crippen molar-refractivity contribution in [3.8, 4) is 0 Å². The normalized spacial score (nSPS) is 32.2. The predicted molar refractivity (Wildman–Crippen MR) is 49.7 cm³/mol. The molecule has 0 N–H and O–H groups in total. The van der Waals surface area contributed by atoms with Crippen molar-refractivity contribution in [2.24, 2.45) is 0 Å². The van der Waals surface area contributed by atoms with Gasteiger partial charge >= 0.3 is 0 Å². The van der Waals surface area contributed by atoms with E-state index in [0.29, 0.717) is 18.0 Å². The lowest BCUT2D eigenvalue weighted by atomic mass is 10.3. The van der Waals surface area contributed by atoms with Crippen molar-refractivity contribution in [1.29, 1.82) is 0 Å². The van der Waals surface area contributed by atoms with E-state index in [2.05, 4.69) is 15.9 Å². The fourth-order valence-electron chi connectivity index (χ4n) is 1.21. The summed E-state index contributed by atoms with van der Waals surface area (Å²) >= 11 is 3.49. The number of alkyl halides is 1. The molecule has 4 heteroatoms. The minimum atomic E-state index is 0.141. The van der Waals surface area contributed by atoms with E-state index in [0.717, 1.165) is 6.61 Å². The van der Waals surface area contributed by atoms with E-state index in [-0.39, 0.29) is 12.2 Å². The highest BCUT2D eigenvalue weighted by atomic mass is 79.9. The number of hydrogen-bond donors (Lipinski definition) is 0. The lowest BCUT2D eigenvalue weighted by molar-refractivity contribution is -0.0383. The maximum atomic E-state index is 5.67. The molecule has 0 aliphatic carbocycles. The first kappa shape index (κ1) is 10.4. The van der Waals surface area contributed by atoms with Crippen LogP contribution in [0.2, 0.25) is 0 Å². The van der Waals surface area contributed by atoms with Crippen LogP contribution in [0.1, 0.15) is 6.92 Å². The highest BCUT2D eigenvalue weighted by Crippen LogP contribution is 2.18. The van der Waals surface area contributed by atoms with Crippen molar-refractivity contribution < 1.29 is 14.2 Å². The lowest BCUT2D eigenvalue weighted by Gasteiger charge is -2.18. The quantitative estimate of drug-likeness (QED) is 0.690. The molecule has 3 atom stereocenters. The average molecular weight is 239 g/mol. The third-order valence-corrected chi connectivity index (χ3v) is 2.63. The second-order valence-corrected chi connectivity index (χ2v) is 4.17. The van der Waals surface area contributed by atoms with Crippen molar-refractivity contribution in [2.45, 2.75) is 24.0 Å². The van der Waals surface area contributed by atoms with E-state index in [1.165, 1.54) is 0 Å². The molecule has 0 spiro atoms. The van der Waals surface area contributed by atoms with Crippen LogP contribution >= 0.6 is 15.9 Å². The molecule has 3 unspecified atom stereocenters. The molecule has 1 rings (SSSR count). The molecule has 0 aromatic heterocycles. The van der Waals surface area contributed by atoms with Gasteiger partial charge in [-0.3, -0.25) is 0 Å². The molecular formula is C8H15BrO3. The van der Waals surface area contributed by atoms with Gasteiger partial charge in [0.2, 0.25) is 0 Å². The van der Waals surface area contributed by atoms with Gasteiger partial charge in [0.15, 0.2) is 0 Å². The summed E-state index contributed by atoms with van der Waals surface area (Å²) in [5.74, 6) is 0. The first-order chi connectivity index (χ1) is 5.74. The molecule has 12 heavy (non-hydrogen) atoms. The van der Waals surface area contributed by atoms with Crippen LogP contribution in [0.25, 0.3) is 0 Å². The molecule has 0 bridgehead atoms. The Kier molecular flexibility index (Phi) is 4.50. The standard InChI is InChI=1S/C8H15BrO3/c1-6(3-10-2)12-8-5-11-4-7(8)9/h6-8H,3-5H2,1-2H3. The minimum absolute atomic E-state index is 0.141. The Morgan fingerprint density at radius 3 is 2.83 bits per heavy atom. The maximum absolute atomic E-state index is 5.67. The van der Waals surface area contributed by atoms with Crippen LogP contribution in [0.3, 0.4) is 0 Å². The van der Waals surface area contributed by atoms with Gasteiger partial charge in [0.1, 0.15) is 0 Å². The van der Waals surface area contributed by atoms with Gasteiger partial charge in [-0.25, -0.2) is 0 Å². The average Bonchev–Trinajstić information content (AvgIpc) is 2.37. The molecule has 1 saturated heterocycles. The van der Waals surface area contributed by atoms with Crippen LogP contribution in [-0.2, 0) is 14.2 Å². The van der Waals surface area contributed by atoms with Crippen molar-refractivity contribution in [2.75, 3.05) is 26.9 Å². The fraction of sp³-hybridized carbons (Fsp3) is 1.00. The van der Waals surface area contributed by atoms with E-state index in [4.69, 9.17) is 14.2 Å². The van der Waals surface area contributed by atoms with E-state index in [9.17, 15) is 0 Å². The molecule has 0 saturated carbocycles. The summed E-state index contributed by atoms with van der Waals surface area (Å²) in [7, 11) is 1.68. The van der Waals surface area contributed by atoms with Crippen LogP contribution in [0, 0.1) is 0 Å². The third-order valence-electron chi connectivity index (χ3n) is 1.77. The smallest absolute Gasteiger partial charge is 0.0960 e. The summed E-state index contributed by atoms with van der Waals surface area (Å²) in [5.41, 5.74) is 0. The van der Waals surface area contributed by atoms with Crippen LogP contribution in [0.15, 0.2) is 0 Å². The first-order valence-corrected chi connectivity index (χ1v) is 5.02. The highest BCUT2D eigenvalue weighted by Gasteiger charge is 2.27. The molecule has 72 valence electrons. The van der Waals surface area contributed by atoms with Gasteiger partial charge in [-0.1, -0.05) is 15.9 Å². The van der Waals surface area contributed by atoms with E-state index in [1.807, 2.05) is 6.92 Å². The monoisotopic (exact) mass is 238 g/mol. The Hall–Kier alpha value is 0.360. The Balaban J connectivity index is 2.20. The Morgan fingerprint density at radius 2 is 2.33 bits per heavy atom. The number of rotatable bonds is 4. The van der Waals surface area contributed by atoms with Gasteiger partial charge in [0.05, 0.1) is 36.9 Å². The number of hydrogen-bond acceptors (Lipinski definition) is 3. The zero-order valence-corrected chi connectivity index (χ0v) is 9.04. The Bertz CT molecular complexity index is 131. The molecule has 1 aliphatic heterocycles. The molecule has 0 radical (unpaired) electrons. The summed E-state index contributed by atoms with van der Waals surface area (Å²) in [6.45, 7) is 4.06. The molecule has 0 amide bonds. The highest BCUT2D eigenvalue weighted by molar-refractivity contribution is 9.09. The summed E-state index contributed by atoms with van der Waals surface area (Å²) < 4.78 is 15.9. The fourth-order valence-corrected chi connectivity index (χ4v) is 1.67. The van der Waals surface area contributed by atoms with Gasteiger partial charge in [-0.15, -0.1) is 0 Å². The molecule has 0 aromatic rings. The summed E-state index contributed by atoms with van der Waals surface area (Å²) in [6.07, 6.45) is 0.317. The maximum Gasteiger partial charge on any atom is 0.0960 e. The van der Waals surface area contributed by atoms with Crippen LogP contribution in [0.5, 0.6) is 0 Å². The summed E-state index contributed by atoms with van der Waals surface area (Å²) in [4.78, 5) is 0.330. The van der Waals surface area contributed by atoms with Gasteiger partial charge in [-0.05, 0) is 6.92 Å². The van der Waals surface area contributed by atoms with Crippen LogP contribution in [0.4, 0.5) is 0 Å². The molecule has 3 nitrogen and oxygen atoms in total. The number of ether oxygens (including phenoxy) is 3. The number of halogens is 1. The van der Waals surface area contributed by atoms with Gasteiger partial charge < -0.3 is 14.2 Å². The molecular weight excluding hydrogens is 224 g/mol. The zero-order valence-electron chi connectivity index (χ0n) is 7.46. The predicted octanol–water partition coefficient (Wildman–Crippen LogP) is 1.20. The van der Waals surface area contributed by atoms with E-state index >= 15 is 0 Å². The largest absolute Gasteiger partial charge is 0.382 e. The van der Waals surface area contributed by atoms with Crippen molar-refractivity contribution in [3.05, 3.63) is 0 Å². The van der Waals surface area contributed by atoms with Crippen molar-refractivity contribution in [1.82, 2.24) is 0 Å². The SMILES string of the molecule is COCC(C)OC1COCC1Br. The van der Waals surface area contributed by atoms with Gasteiger partial charge in [0, 0.05) is 7.11 Å². The minimum Gasteiger partial charge on any atom is -0.382 e. The first-order valence-electron chi connectivity index (χ1n) is 4.10. The van der Waals surface area contributed by atoms with Gasteiger partial charge in [0.25, 0.3) is 0 Å². The van der Waals surface area contributed by atoms with Crippen molar-refractivity contribution in [3.63, 3.8) is 0 Å². The van der Waals surface area contributed by atoms with E-state index in [1.54, 1.807) is 7.11 Å². The van der Waals surface area contributed by atoms with Crippen molar-refractivity contribution >= 4 is 15.9 Å². The summed E-state index contributed by atoms with van der Waals surface area (Å²) in [6, 6.07) is 0. The lowest BCUT2D eigenvalue weighted by Crippen LogP contribution is -2.29. The van der Waals surface area contributed by atoms with Gasteiger partial charge in [-0.2, -0.15) is 0 Å². The third kappa shape index (κ3) is 3.01. The molecule has 0 aromatic carbocycles. The topological polar surface area (TPSA) is 27.7 Å². The van der Waals surface area contributed by atoms with Crippen LogP contribution in [-0.4, -0.2) is 44.0 Å². The van der Waals surface area contributed by atoms with E-state index < -0.39 is 0 Å². The molecule has 1 heterocycles. The second kappa shape index (κ2) is 5.17. The van der Waals surface area contributed by atoms with Crippen LogP contribution < -0.4 is 0 Å². The number of methoxy groups -OCH3 is 1. The summed E-state index contributed by atoms with van der Waals surface area (Å²) in [5, 5.41) is 0. The Morgan fingerprint density at radius 1 is 1.58 bits per heavy atom.